The molecule has 0 atom stereocenters. The van der Waals surface area contributed by atoms with Crippen LogP contribution in [-0.2, 0) is 0 Å². The molecule has 0 aromatic rings. The molecule has 0 radical (unpaired) electrons. The monoisotopic (exact) mass is 112 g/mol. The molecule has 8 heavy (non-hydrogen) atoms. The summed E-state index contributed by atoms with van der Waals surface area (Å²) in [6.45, 7) is 3.60. The Labute approximate surface area is 47.8 Å². The van der Waals surface area contributed by atoms with Crippen molar-refractivity contribution in [1.82, 2.24) is 0 Å². The molecule has 0 aromatic heterocycles. The van der Waals surface area contributed by atoms with E-state index < -0.39 is 0 Å². The van der Waals surface area contributed by atoms with E-state index in [-0.39, 0.29) is 6.67 Å². The van der Waals surface area contributed by atoms with E-state index in [2.05, 4.69) is 21.8 Å². The van der Waals surface area contributed by atoms with Crippen LogP contribution in [0.25, 0.3) is 0 Å². The Hall–Kier alpha value is -1.19. The Morgan fingerprint density at radius 3 is 2.88 bits per heavy atom. The fourth-order valence-electron chi connectivity index (χ4n) is 0.178. The second-order valence-corrected chi connectivity index (χ2v) is 0.913. The minimum absolute atomic E-state index is 0.280. The molecule has 0 unspecified atom stereocenters. The Balaban J connectivity index is 3.15. The highest BCUT2D eigenvalue weighted by molar-refractivity contribution is 5.50. The summed E-state index contributed by atoms with van der Waals surface area (Å²) in [7, 11) is 0. The summed E-state index contributed by atoms with van der Waals surface area (Å²) in [5.74, 6) is 0. The number of hydrogen-bond acceptors (Lipinski definition) is 3. The van der Waals surface area contributed by atoms with Gasteiger partial charge < -0.3 is 5.73 Å². The van der Waals surface area contributed by atoms with Crippen molar-refractivity contribution in [2.24, 2.45) is 21.0 Å². The van der Waals surface area contributed by atoms with Crippen molar-refractivity contribution in [1.29, 1.82) is 0 Å². The Bertz CT molecular complexity index is 105. The first-order chi connectivity index (χ1) is 3.91. The average Bonchev–Trinajstić information content (AvgIpc) is 1.81. The normalized spacial score (nSPS) is 11.0. The van der Waals surface area contributed by atoms with Crippen molar-refractivity contribution in [3.63, 3.8) is 0 Å². The van der Waals surface area contributed by atoms with Crippen LogP contribution in [0.2, 0.25) is 0 Å². The van der Waals surface area contributed by atoms with Crippen LogP contribution in [0.5, 0.6) is 0 Å². The highest BCUT2D eigenvalue weighted by Gasteiger charge is 1.63. The van der Waals surface area contributed by atoms with Crippen LogP contribution in [0.3, 0.4) is 0 Å². The summed E-state index contributed by atoms with van der Waals surface area (Å²) < 4.78 is 0. The van der Waals surface area contributed by atoms with Crippen LogP contribution in [0.1, 0.15) is 0 Å². The molecule has 0 amide bonds. The van der Waals surface area contributed by atoms with Crippen molar-refractivity contribution in [3.05, 3.63) is 12.8 Å². The fraction of sp³-hybridized carbons (Fsp3) is 0.250. The summed E-state index contributed by atoms with van der Waals surface area (Å²) in [5, 5.41) is 6.94. The molecule has 0 saturated heterocycles. The van der Waals surface area contributed by atoms with E-state index >= 15 is 0 Å². The molecule has 0 aliphatic rings. The van der Waals surface area contributed by atoms with E-state index in [0.717, 1.165) is 0 Å². The largest absolute Gasteiger partial charge is 0.390 e. The summed E-state index contributed by atoms with van der Waals surface area (Å²) in [4.78, 5) is 3.55. The molecule has 0 saturated carbocycles. The molecule has 0 bridgehead atoms. The lowest BCUT2D eigenvalue weighted by Gasteiger charge is -1.75. The van der Waals surface area contributed by atoms with Crippen molar-refractivity contribution in [2.75, 3.05) is 6.67 Å². The smallest absolute Gasteiger partial charge is 0.152 e. The maximum atomic E-state index is 4.89. The third kappa shape index (κ3) is 4.81. The summed E-state index contributed by atoms with van der Waals surface area (Å²) in [5.41, 5.74) is 4.89. The van der Waals surface area contributed by atoms with Gasteiger partial charge in [0.1, 0.15) is 0 Å². The molecular formula is C4H8N4. The molecule has 44 valence electrons. The van der Waals surface area contributed by atoms with Crippen molar-refractivity contribution in [2.45, 2.75) is 0 Å². The second-order valence-electron chi connectivity index (χ2n) is 0.913. The molecule has 0 fully saturated rings. The molecule has 0 spiro atoms. The molecule has 0 aliphatic carbocycles. The van der Waals surface area contributed by atoms with Crippen molar-refractivity contribution >= 4 is 6.34 Å². The molecule has 0 aliphatic heterocycles. The zero-order chi connectivity index (χ0) is 6.24. The summed E-state index contributed by atoms with van der Waals surface area (Å²) >= 11 is 0. The van der Waals surface area contributed by atoms with Gasteiger partial charge in [-0.05, 0) is 0 Å². The minimum Gasteiger partial charge on any atom is -0.390 e. The lowest BCUT2D eigenvalue weighted by molar-refractivity contribution is 0.968. The second kappa shape index (κ2) is 5.81. The third-order valence-corrected chi connectivity index (χ3v) is 0.414. The lowest BCUT2D eigenvalue weighted by Crippen LogP contribution is -1.88. The molecule has 0 heterocycles. The van der Waals surface area contributed by atoms with Gasteiger partial charge >= 0.3 is 0 Å². The van der Waals surface area contributed by atoms with Gasteiger partial charge in [0, 0.05) is 6.20 Å². The topological polar surface area (TPSA) is 63.1 Å². The maximum absolute atomic E-state index is 4.89. The molecule has 4 nitrogen and oxygen atoms in total. The van der Waals surface area contributed by atoms with Crippen molar-refractivity contribution in [3.8, 4) is 0 Å². The molecule has 4 heteroatoms. The summed E-state index contributed by atoms with van der Waals surface area (Å²) in [6, 6.07) is 0. The van der Waals surface area contributed by atoms with Gasteiger partial charge in [-0.15, -0.1) is 0 Å². The molecule has 2 N–H and O–H groups in total. The first-order valence-corrected chi connectivity index (χ1v) is 2.09. The first kappa shape index (κ1) is 6.81. The average molecular weight is 112 g/mol. The van der Waals surface area contributed by atoms with Crippen LogP contribution in [-0.4, -0.2) is 13.0 Å². The predicted molar refractivity (Wildman–Crippen MR) is 32.6 cm³/mol. The van der Waals surface area contributed by atoms with Crippen LogP contribution >= 0.6 is 0 Å². The Morgan fingerprint density at radius 1 is 1.62 bits per heavy atom. The maximum Gasteiger partial charge on any atom is 0.152 e. The predicted octanol–water partition coefficient (Wildman–Crippen LogP) is 0.527. The number of hydrogen-bond donors (Lipinski definition) is 1. The lowest BCUT2D eigenvalue weighted by atomic mass is 11.1. The third-order valence-electron chi connectivity index (χ3n) is 0.414. The van der Waals surface area contributed by atoms with E-state index in [0.29, 0.717) is 0 Å². The van der Waals surface area contributed by atoms with Crippen LogP contribution < -0.4 is 5.73 Å². The van der Waals surface area contributed by atoms with Gasteiger partial charge in [-0.1, -0.05) is 6.58 Å². The van der Waals surface area contributed by atoms with Gasteiger partial charge in [-0.3, -0.25) is 4.99 Å². The molecule has 0 aromatic carbocycles. The number of aliphatic imine (C=N–C) groups is 1. The van der Waals surface area contributed by atoms with E-state index in [9.17, 15) is 0 Å². The number of azo groups is 1. The van der Waals surface area contributed by atoms with Gasteiger partial charge in [0.15, 0.2) is 6.67 Å². The zero-order valence-electron chi connectivity index (χ0n) is 4.49. The highest BCUT2D eigenvalue weighted by atomic mass is 15.1. The van der Waals surface area contributed by atoms with Gasteiger partial charge in [-0.2, -0.15) is 10.2 Å². The first-order valence-electron chi connectivity index (χ1n) is 2.09. The van der Waals surface area contributed by atoms with Gasteiger partial charge in [0.25, 0.3) is 0 Å². The van der Waals surface area contributed by atoms with Crippen LogP contribution in [0, 0.1) is 0 Å². The summed E-state index contributed by atoms with van der Waals surface area (Å²) in [6.07, 6.45) is 2.52. The molecular weight excluding hydrogens is 104 g/mol. The standard InChI is InChI=1S/C4H8N4/c1-2-7-8-4-6-3-5/h2-3H,1,4H2,(H2,5,6). The fourth-order valence-corrected chi connectivity index (χ4v) is 0.178. The van der Waals surface area contributed by atoms with Crippen LogP contribution in [0.4, 0.5) is 0 Å². The Kier molecular flexibility index (Phi) is 4.95. The van der Waals surface area contributed by atoms with E-state index in [1.54, 1.807) is 0 Å². The van der Waals surface area contributed by atoms with Crippen molar-refractivity contribution < 1.29 is 0 Å². The number of nitrogens with two attached hydrogens (primary N) is 1. The van der Waals surface area contributed by atoms with E-state index in [4.69, 9.17) is 5.73 Å². The number of nitrogens with zero attached hydrogens (tertiary/aromatic N) is 3. The van der Waals surface area contributed by atoms with Gasteiger partial charge in [0.2, 0.25) is 0 Å². The Morgan fingerprint density at radius 2 is 2.38 bits per heavy atom. The van der Waals surface area contributed by atoms with Crippen LogP contribution in [0.15, 0.2) is 28.0 Å². The highest BCUT2D eigenvalue weighted by Crippen LogP contribution is 1.73. The zero-order valence-corrected chi connectivity index (χ0v) is 4.49. The quantitative estimate of drug-likeness (QED) is 0.323. The van der Waals surface area contributed by atoms with Gasteiger partial charge in [-0.25, -0.2) is 0 Å². The van der Waals surface area contributed by atoms with E-state index in [1.165, 1.54) is 12.5 Å². The number of rotatable bonds is 3. The molecule has 0 rings (SSSR count). The van der Waals surface area contributed by atoms with E-state index in [1.807, 2.05) is 0 Å². The SMILES string of the molecule is C=CN=NC/N=C\N. The minimum atomic E-state index is 0.280. The van der Waals surface area contributed by atoms with Gasteiger partial charge in [0.05, 0.1) is 6.34 Å².